The Hall–Kier alpha value is -5.50. The summed E-state index contributed by atoms with van der Waals surface area (Å²) in [6, 6.07) is 56.0. The Labute approximate surface area is 260 Å². The third-order valence-corrected chi connectivity index (χ3v) is 12.2. The van der Waals surface area contributed by atoms with Crippen molar-refractivity contribution in [2.75, 3.05) is 0 Å². The number of nitrogens with zero attached hydrogens (tertiary/aromatic N) is 2. The van der Waals surface area contributed by atoms with Crippen LogP contribution in [0, 0.1) is 0 Å². The van der Waals surface area contributed by atoms with Crippen LogP contribution in [0.5, 0.6) is 0 Å². The van der Waals surface area contributed by atoms with E-state index < -0.39 is 7.14 Å². The molecule has 9 aromatic rings. The predicted molar refractivity (Wildman–Crippen MR) is 190 cm³/mol. The van der Waals surface area contributed by atoms with Crippen molar-refractivity contribution in [3.63, 3.8) is 0 Å². The van der Waals surface area contributed by atoms with E-state index in [4.69, 9.17) is 4.98 Å². The Balaban J connectivity index is 1.31. The highest BCUT2D eigenvalue weighted by Crippen LogP contribution is 2.45. The number of para-hydroxylation sites is 1. The quantitative estimate of drug-likeness (QED) is 0.150. The fourth-order valence-corrected chi connectivity index (χ4v) is 9.85. The number of hydrogen-bond acceptors (Lipinski definition) is 2. The van der Waals surface area contributed by atoms with E-state index in [1.807, 2.05) is 66.7 Å². The van der Waals surface area contributed by atoms with Gasteiger partial charge >= 0.3 is 0 Å². The van der Waals surface area contributed by atoms with Crippen LogP contribution in [0.3, 0.4) is 0 Å². The van der Waals surface area contributed by atoms with E-state index in [-0.39, 0.29) is 0 Å². The van der Waals surface area contributed by atoms with Crippen molar-refractivity contribution in [2.24, 2.45) is 0 Å². The summed E-state index contributed by atoms with van der Waals surface area (Å²) in [5, 5.41) is 8.15. The molecule has 3 nitrogen and oxygen atoms in total. The molecule has 2 aromatic heterocycles. The third-order valence-electron chi connectivity index (χ3n) is 9.05. The normalized spacial score (nSPS) is 12.1. The second-order valence-corrected chi connectivity index (χ2v) is 14.2. The minimum absolute atomic E-state index is 0.834. The Morgan fingerprint density at radius 3 is 1.76 bits per heavy atom. The van der Waals surface area contributed by atoms with Crippen molar-refractivity contribution in [3.8, 4) is 11.1 Å². The fraction of sp³-hybridized carbons (Fsp3) is 0. The molecular weight excluding hydrogens is 567 g/mol. The summed E-state index contributed by atoms with van der Waals surface area (Å²) in [5.74, 6) is 0. The first-order chi connectivity index (χ1) is 22.2. The number of fused-ring (bicyclic) bond motifs is 9. The largest absolute Gasteiger partial charge is 0.309 e. The maximum atomic E-state index is 15.4. The molecule has 0 radical (unpaired) electrons. The van der Waals surface area contributed by atoms with Gasteiger partial charge in [0, 0.05) is 26.7 Å². The molecule has 2 heterocycles. The minimum Gasteiger partial charge on any atom is -0.309 e. The molecule has 0 aliphatic heterocycles. The fourth-order valence-electron chi connectivity index (χ4n) is 6.99. The first kappa shape index (κ1) is 25.9. The highest BCUT2D eigenvalue weighted by molar-refractivity contribution is 7.85. The summed E-state index contributed by atoms with van der Waals surface area (Å²) in [6.45, 7) is 0. The average Bonchev–Trinajstić information content (AvgIpc) is 3.51. The van der Waals surface area contributed by atoms with Crippen LogP contribution in [-0.2, 0) is 4.57 Å². The maximum Gasteiger partial charge on any atom is 0.171 e. The molecule has 0 fully saturated rings. The molecule has 0 aliphatic rings. The van der Waals surface area contributed by atoms with Crippen LogP contribution < -0.4 is 15.9 Å². The summed E-state index contributed by atoms with van der Waals surface area (Å²) in [5.41, 5.74) is 6.32. The van der Waals surface area contributed by atoms with E-state index in [1.54, 1.807) is 0 Å². The zero-order valence-corrected chi connectivity index (χ0v) is 25.2. The molecule has 7 aromatic carbocycles. The Morgan fingerprint density at radius 1 is 0.467 bits per heavy atom. The Kier molecular flexibility index (Phi) is 5.78. The van der Waals surface area contributed by atoms with Crippen LogP contribution in [0.4, 0.5) is 0 Å². The van der Waals surface area contributed by atoms with Crippen LogP contribution in [0.25, 0.3) is 60.3 Å². The number of imidazole rings is 1. The molecule has 0 N–H and O–H groups in total. The first-order valence-corrected chi connectivity index (χ1v) is 16.9. The monoisotopic (exact) mass is 594 g/mol. The molecule has 9 rings (SSSR count). The van der Waals surface area contributed by atoms with Crippen molar-refractivity contribution in [3.05, 3.63) is 164 Å². The predicted octanol–water partition coefficient (Wildman–Crippen LogP) is 9.25. The van der Waals surface area contributed by atoms with Gasteiger partial charge in [-0.25, -0.2) is 4.98 Å². The lowest BCUT2D eigenvalue weighted by molar-refractivity contribution is 0.592. The molecule has 0 saturated carbocycles. The van der Waals surface area contributed by atoms with Gasteiger partial charge in [0.2, 0.25) is 0 Å². The van der Waals surface area contributed by atoms with Gasteiger partial charge in [-0.1, -0.05) is 140 Å². The molecule has 0 spiro atoms. The van der Waals surface area contributed by atoms with E-state index in [0.717, 1.165) is 65.4 Å². The lowest BCUT2D eigenvalue weighted by Gasteiger charge is -2.22. The van der Waals surface area contributed by atoms with Crippen LogP contribution in [0.15, 0.2) is 164 Å². The Bertz CT molecular complexity index is 2580. The van der Waals surface area contributed by atoms with E-state index in [9.17, 15) is 0 Å². The summed E-state index contributed by atoms with van der Waals surface area (Å²) in [4.78, 5) is 5.13. The van der Waals surface area contributed by atoms with Gasteiger partial charge in [0.1, 0.15) is 5.65 Å². The molecule has 4 heteroatoms. The standard InChI is InChI=1S/C41H27N2OP/c44-45(29-13-3-1-4-14-29,30-15-5-2-6-16-30)40-26-24-31(32-17-7-9-20-35(32)40)28-23-25-37-39(27-28)43-38-22-12-11-19-34(38)33-18-8-10-21-36(33)41(43)42-37/h1-27H. The summed E-state index contributed by atoms with van der Waals surface area (Å²) in [7, 11) is -3.16. The van der Waals surface area contributed by atoms with E-state index >= 15 is 4.57 Å². The molecule has 0 saturated heterocycles. The smallest absolute Gasteiger partial charge is 0.171 e. The minimum atomic E-state index is -3.16. The topological polar surface area (TPSA) is 34.4 Å². The van der Waals surface area contributed by atoms with E-state index in [2.05, 4.69) is 101 Å². The molecule has 0 unspecified atom stereocenters. The number of benzene rings is 7. The molecule has 212 valence electrons. The molecular formula is C41H27N2OP. The average molecular weight is 595 g/mol. The lowest BCUT2D eigenvalue weighted by atomic mass is 9.98. The van der Waals surface area contributed by atoms with Gasteiger partial charge in [0.15, 0.2) is 7.14 Å². The first-order valence-electron chi connectivity index (χ1n) is 15.2. The van der Waals surface area contributed by atoms with Gasteiger partial charge in [0.05, 0.1) is 16.6 Å². The van der Waals surface area contributed by atoms with E-state index in [1.165, 1.54) is 10.8 Å². The summed E-state index contributed by atoms with van der Waals surface area (Å²) < 4.78 is 17.7. The second-order valence-electron chi connectivity index (χ2n) is 11.5. The van der Waals surface area contributed by atoms with Crippen LogP contribution in [-0.4, -0.2) is 9.38 Å². The van der Waals surface area contributed by atoms with Gasteiger partial charge < -0.3 is 4.57 Å². The van der Waals surface area contributed by atoms with Crippen molar-refractivity contribution >= 4 is 72.2 Å². The SMILES string of the molecule is O=P(c1ccccc1)(c1ccccc1)c1ccc(-c2ccc3nc4c5ccccc5c5ccccc5n4c3c2)c2ccccc12. The number of rotatable bonds is 4. The molecule has 0 bridgehead atoms. The highest BCUT2D eigenvalue weighted by Gasteiger charge is 2.31. The zero-order valence-electron chi connectivity index (χ0n) is 24.3. The van der Waals surface area contributed by atoms with Crippen LogP contribution in [0.2, 0.25) is 0 Å². The van der Waals surface area contributed by atoms with Gasteiger partial charge in [0.25, 0.3) is 0 Å². The van der Waals surface area contributed by atoms with Crippen molar-refractivity contribution < 1.29 is 4.57 Å². The summed E-state index contributed by atoms with van der Waals surface area (Å²) in [6.07, 6.45) is 0. The molecule has 0 amide bonds. The van der Waals surface area contributed by atoms with Crippen molar-refractivity contribution in [1.82, 2.24) is 9.38 Å². The van der Waals surface area contributed by atoms with Gasteiger partial charge in [-0.3, -0.25) is 4.40 Å². The van der Waals surface area contributed by atoms with Gasteiger partial charge in [-0.15, -0.1) is 0 Å². The lowest BCUT2D eigenvalue weighted by Crippen LogP contribution is -2.25. The van der Waals surface area contributed by atoms with Gasteiger partial charge in [-0.05, 0) is 51.6 Å². The summed E-state index contributed by atoms with van der Waals surface area (Å²) >= 11 is 0. The third kappa shape index (κ3) is 3.84. The number of aromatic nitrogens is 2. The molecule has 0 aliphatic carbocycles. The number of hydrogen-bond donors (Lipinski definition) is 0. The molecule has 0 atom stereocenters. The van der Waals surface area contributed by atoms with Gasteiger partial charge in [-0.2, -0.15) is 0 Å². The Morgan fingerprint density at radius 2 is 1.04 bits per heavy atom. The van der Waals surface area contributed by atoms with Crippen LogP contribution in [0.1, 0.15) is 0 Å². The van der Waals surface area contributed by atoms with Crippen molar-refractivity contribution in [2.45, 2.75) is 0 Å². The van der Waals surface area contributed by atoms with Crippen molar-refractivity contribution in [1.29, 1.82) is 0 Å². The number of pyridine rings is 1. The second kappa shape index (κ2) is 10.0. The van der Waals surface area contributed by atoms with Crippen LogP contribution >= 0.6 is 7.14 Å². The zero-order chi connectivity index (χ0) is 30.0. The maximum absolute atomic E-state index is 15.4. The highest BCUT2D eigenvalue weighted by atomic mass is 31.2. The van der Waals surface area contributed by atoms with E-state index in [0.29, 0.717) is 0 Å². The molecule has 45 heavy (non-hydrogen) atoms.